The number of carboxylic acid groups (broad SMARTS) is 1. The number of allylic oxidation sites excluding steroid dienone is 1. The molecule has 1 N–H and O–H groups in total. The van der Waals surface area contributed by atoms with Crippen molar-refractivity contribution in [2.24, 2.45) is 0 Å². The molecular weight excluding hydrogens is 270 g/mol. The summed E-state index contributed by atoms with van der Waals surface area (Å²) in [6.07, 6.45) is 1.09. The van der Waals surface area contributed by atoms with Gasteiger partial charge in [-0.15, -0.1) is 0 Å². The Kier molecular flexibility index (Phi) is 5.11. The average Bonchev–Trinajstić information content (AvgIpc) is 2.47. The number of hydrogen-bond donors (Lipinski definition) is 1. The van der Waals surface area contributed by atoms with Crippen LogP contribution in [0, 0.1) is 0 Å². The van der Waals surface area contributed by atoms with Crippen LogP contribution in [0.3, 0.4) is 0 Å². The lowest BCUT2D eigenvalue weighted by atomic mass is 10.1. The van der Waals surface area contributed by atoms with Crippen LogP contribution in [0.25, 0.3) is 5.57 Å². The zero-order chi connectivity index (χ0) is 15.2. The molecule has 1 aromatic carbocycles. The van der Waals surface area contributed by atoms with Gasteiger partial charge >= 0.3 is 5.97 Å². The van der Waals surface area contributed by atoms with E-state index in [0.29, 0.717) is 19.7 Å². The predicted octanol–water partition coefficient (Wildman–Crippen LogP) is 1.79. The molecule has 1 heterocycles. The monoisotopic (exact) mass is 289 g/mol. The second kappa shape index (κ2) is 7.04. The number of morpholine rings is 1. The molecule has 0 saturated carbocycles. The Morgan fingerprint density at radius 3 is 2.76 bits per heavy atom. The van der Waals surface area contributed by atoms with Crippen molar-refractivity contribution in [1.29, 1.82) is 0 Å². The summed E-state index contributed by atoms with van der Waals surface area (Å²) in [4.78, 5) is 24.6. The van der Waals surface area contributed by atoms with Crippen molar-refractivity contribution in [3.8, 4) is 0 Å². The lowest BCUT2D eigenvalue weighted by Gasteiger charge is -2.31. The number of nitrogens with zero attached hydrogens (tertiary/aromatic N) is 1. The van der Waals surface area contributed by atoms with E-state index in [9.17, 15) is 9.59 Å². The van der Waals surface area contributed by atoms with Crippen molar-refractivity contribution >= 4 is 17.4 Å². The Bertz CT molecular complexity index is 538. The summed E-state index contributed by atoms with van der Waals surface area (Å²) in [7, 11) is 0. The van der Waals surface area contributed by atoms with Crippen molar-refractivity contribution in [1.82, 2.24) is 4.90 Å². The normalized spacial score (nSPS) is 19.4. The SMILES string of the molecule is C/C(=C/C(=O)N1CCOC(CC(=O)O)C1)c1ccccc1. The Morgan fingerprint density at radius 1 is 1.38 bits per heavy atom. The fourth-order valence-corrected chi connectivity index (χ4v) is 2.30. The van der Waals surface area contributed by atoms with Gasteiger partial charge in [0, 0.05) is 19.2 Å². The van der Waals surface area contributed by atoms with Gasteiger partial charge in [-0.25, -0.2) is 0 Å². The van der Waals surface area contributed by atoms with E-state index in [1.54, 1.807) is 11.0 Å². The van der Waals surface area contributed by atoms with Gasteiger partial charge in [0.2, 0.25) is 5.91 Å². The fourth-order valence-electron chi connectivity index (χ4n) is 2.30. The highest BCUT2D eigenvalue weighted by molar-refractivity contribution is 5.95. The molecule has 1 aliphatic heterocycles. The first-order valence-corrected chi connectivity index (χ1v) is 6.92. The second-order valence-electron chi connectivity index (χ2n) is 5.07. The molecule has 5 nitrogen and oxygen atoms in total. The summed E-state index contributed by atoms with van der Waals surface area (Å²) < 4.78 is 5.36. The van der Waals surface area contributed by atoms with Gasteiger partial charge in [0.05, 0.1) is 19.1 Å². The summed E-state index contributed by atoms with van der Waals surface area (Å²) in [5.74, 6) is -1.01. The molecule has 1 amide bonds. The first-order valence-electron chi connectivity index (χ1n) is 6.92. The van der Waals surface area contributed by atoms with E-state index in [1.165, 1.54) is 0 Å². The largest absolute Gasteiger partial charge is 0.481 e. The molecule has 0 bridgehead atoms. The molecule has 1 fully saturated rings. The smallest absolute Gasteiger partial charge is 0.306 e. The summed E-state index contributed by atoms with van der Waals surface area (Å²) in [6.45, 7) is 3.08. The number of carbonyl (C=O) groups excluding carboxylic acids is 1. The molecule has 0 radical (unpaired) electrons. The van der Waals surface area contributed by atoms with Gasteiger partial charge in [-0.05, 0) is 18.1 Å². The lowest BCUT2D eigenvalue weighted by Crippen LogP contribution is -2.45. The van der Waals surface area contributed by atoms with Crippen LogP contribution in [0.15, 0.2) is 36.4 Å². The van der Waals surface area contributed by atoms with E-state index < -0.39 is 12.1 Å². The van der Waals surface area contributed by atoms with Gasteiger partial charge in [0.15, 0.2) is 0 Å². The first-order chi connectivity index (χ1) is 10.1. The molecule has 1 aromatic rings. The van der Waals surface area contributed by atoms with E-state index in [2.05, 4.69) is 0 Å². The fraction of sp³-hybridized carbons (Fsp3) is 0.375. The molecule has 0 aromatic heterocycles. The van der Waals surface area contributed by atoms with E-state index in [4.69, 9.17) is 9.84 Å². The minimum Gasteiger partial charge on any atom is -0.481 e. The maximum absolute atomic E-state index is 12.3. The molecule has 0 spiro atoms. The molecule has 0 aliphatic carbocycles. The molecule has 2 rings (SSSR count). The van der Waals surface area contributed by atoms with Crippen LogP contribution in [-0.2, 0) is 14.3 Å². The number of benzene rings is 1. The number of carboxylic acids is 1. The van der Waals surface area contributed by atoms with Crippen molar-refractivity contribution in [2.75, 3.05) is 19.7 Å². The average molecular weight is 289 g/mol. The Balaban J connectivity index is 2.01. The predicted molar refractivity (Wildman–Crippen MR) is 78.7 cm³/mol. The molecule has 5 heteroatoms. The summed E-state index contributed by atoms with van der Waals surface area (Å²) in [6, 6.07) is 9.68. The van der Waals surface area contributed by atoms with Gasteiger partial charge in [-0.3, -0.25) is 9.59 Å². The zero-order valence-corrected chi connectivity index (χ0v) is 12.0. The first kappa shape index (κ1) is 15.3. The van der Waals surface area contributed by atoms with Crippen LogP contribution in [0.2, 0.25) is 0 Å². The maximum Gasteiger partial charge on any atom is 0.306 e. The van der Waals surface area contributed by atoms with E-state index >= 15 is 0 Å². The van der Waals surface area contributed by atoms with Crippen LogP contribution < -0.4 is 0 Å². The van der Waals surface area contributed by atoms with Gasteiger partial charge in [-0.2, -0.15) is 0 Å². The third kappa shape index (κ3) is 4.43. The van der Waals surface area contributed by atoms with Gasteiger partial charge in [-0.1, -0.05) is 30.3 Å². The molecule has 1 aliphatic rings. The van der Waals surface area contributed by atoms with Crippen LogP contribution in [-0.4, -0.2) is 47.7 Å². The molecule has 1 saturated heterocycles. The Labute approximate surface area is 123 Å². The van der Waals surface area contributed by atoms with Crippen molar-refractivity contribution in [2.45, 2.75) is 19.4 Å². The highest BCUT2D eigenvalue weighted by Gasteiger charge is 2.25. The van der Waals surface area contributed by atoms with Crippen molar-refractivity contribution in [3.63, 3.8) is 0 Å². The lowest BCUT2D eigenvalue weighted by molar-refractivity contribution is -0.145. The molecule has 1 atom stereocenters. The third-order valence-corrected chi connectivity index (χ3v) is 3.42. The van der Waals surface area contributed by atoms with Crippen LogP contribution in [0.5, 0.6) is 0 Å². The standard InChI is InChI=1S/C16H19NO4/c1-12(13-5-3-2-4-6-13)9-15(18)17-7-8-21-14(11-17)10-16(19)20/h2-6,9,14H,7-8,10-11H2,1H3,(H,19,20)/b12-9-. The minimum atomic E-state index is -0.912. The quantitative estimate of drug-likeness (QED) is 0.858. The van der Waals surface area contributed by atoms with Crippen LogP contribution in [0.1, 0.15) is 18.9 Å². The summed E-state index contributed by atoms with van der Waals surface area (Å²) in [5, 5.41) is 8.79. The zero-order valence-electron chi connectivity index (χ0n) is 12.0. The summed E-state index contributed by atoms with van der Waals surface area (Å²) in [5.41, 5.74) is 1.89. The van der Waals surface area contributed by atoms with Gasteiger partial charge in [0.1, 0.15) is 0 Å². The number of amides is 1. The highest BCUT2D eigenvalue weighted by Crippen LogP contribution is 2.15. The van der Waals surface area contributed by atoms with E-state index in [1.807, 2.05) is 37.3 Å². The molecule has 1 unspecified atom stereocenters. The van der Waals surface area contributed by atoms with E-state index in [0.717, 1.165) is 11.1 Å². The maximum atomic E-state index is 12.3. The highest BCUT2D eigenvalue weighted by atomic mass is 16.5. The number of rotatable bonds is 4. The minimum absolute atomic E-state index is 0.0782. The topological polar surface area (TPSA) is 66.8 Å². The number of carbonyl (C=O) groups is 2. The second-order valence-corrected chi connectivity index (χ2v) is 5.07. The Morgan fingerprint density at radius 2 is 2.10 bits per heavy atom. The molecule has 21 heavy (non-hydrogen) atoms. The van der Waals surface area contributed by atoms with Crippen molar-refractivity contribution in [3.05, 3.63) is 42.0 Å². The van der Waals surface area contributed by atoms with Gasteiger partial charge in [0.25, 0.3) is 0 Å². The van der Waals surface area contributed by atoms with Gasteiger partial charge < -0.3 is 14.7 Å². The van der Waals surface area contributed by atoms with Crippen molar-refractivity contribution < 1.29 is 19.4 Å². The van der Waals surface area contributed by atoms with Crippen LogP contribution >= 0.6 is 0 Å². The van der Waals surface area contributed by atoms with E-state index in [-0.39, 0.29) is 12.3 Å². The van der Waals surface area contributed by atoms with Crippen LogP contribution in [0.4, 0.5) is 0 Å². The Hall–Kier alpha value is -2.14. The number of hydrogen-bond acceptors (Lipinski definition) is 3. The number of ether oxygens (including phenoxy) is 1. The summed E-state index contributed by atoms with van der Waals surface area (Å²) >= 11 is 0. The molecule has 112 valence electrons. The third-order valence-electron chi connectivity index (χ3n) is 3.42. The molecular formula is C16H19NO4. The number of aliphatic carboxylic acids is 1.